The van der Waals surface area contributed by atoms with Crippen LogP contribution in [-0.4, -0.2) is 51.2 Å². The van der Waals surface area contributed by atoms with Crippen LogP contribution in [0.4, 0.5) is 11.4 Å². The molecule has 0 aromatic heterocycles. The highest BCUT2D eigenvalue weighted by Gasteiger charge is 2.45. The van der Waals surface area contributed by atoms with Gasteiger partial charge in [-0.05, 0) is 36.2 Å². The monoisotopic (exact) mass is 418 g/mol. The first-order valence-electron chi connectivity index (χ1n) is 9.26. The van der Waals surface area contributed by atoms with E-state index in [9.17, 15) is 8.42 Å². The van der Waals surface area contributed by atoms with Gasteiger partial charge < -0.3 is 9.80 Å². The second-order valence-electron chi connectivity index (χ2n) is 7.41. The number of hydrogen-bond donors (Lipinski definition) is 1. The largest absolute Gasteiger partial charge is 0.350 e. The molecule has 3 heterocycles. The maximum absolute atomic E-state index is 11.4. The third kappa shape index (κ3) is 3.12. The number of sulfonamides is 1. The molecule has 0 aliphatic carbocycles. The summed E-state index contributed by atoms with van der Waals surface area (Å²) in [7, 11) is -3.26. The lowest BCUT2D eigenvalue weighted by Crippen LogP contribution is -2.53. The van der Waals surface area contributed by atoms with Crippen LogP contribution in [0, 0.1) is 0 Å². The molecule has 2 aromatic carbocycles. The Hall–Kier alpha value is -2.25. The highest BCUT2D eigenvalue weighted by molar-refractivity contribution is 7.92. The Bertz CT molecular complexity index is 1020. The van der Waals surface area contributed by atoms with E-state index < -0.39 is 10.0 Å². The Morgan fingerprint density at radius 2 is 1.79 bits per heavy atom. The van der Waals surface area contributed by atoms with Crippen molar-refractivity contribution >= 4 is 39.6 Å². The Balaban J connectivity index is 0.00000192. The summed E-state index contributed by atoms with van der Waals surface area (Å²) in [5, 5.41) is 0. The van der Waals surface area contributed by atoms with E-state index in [0.29, 0.717) is 11.6 Å². The summed E-state index contributed by atoms with van der Waals surface area (Å²) in [4.78, 5) is 9.74. The van der Waals surface area contributed by atoms with E-state index in [1.807, 2.05) is 12.1 Å². The fourth-order valence-electron chi connectivity index (χ4n) is 4.65. The van der Waals surface area contributed by atoms with Crippen molar-refractivity contribution in [3.8, 4) is 0 Å². The summed E-state index contributed by atoms with van der Waals surface area (Å²) in [6, 6.07) is 16.4. The normalized spacial score (nSPS) is 22.7. The van der Waals surface area contributed by atoms with Gasteiger partial charge in [-0.1, -0.05) is 24.3 Å². The summed E-state index contributed by atoms with van der Waals surface area (Å²) >= 11 is 0. The second kappa shape index (κ2) is 6.97. The number of para-hydroxylation sites is 1. The molecular weight excluding hydrogens is 396 g/mol. The number of anilines is 2. The van der Waals surface area contributed by atoms with Crippen LogP contribution in [0.5, 0.6) is 0 Å². The van der Waals surface area contributed by atoms with Gasteiger partial charge in [-0.2, -0.15) is 0 Å². The van der Waals surface area contributed by atoms with Crippen LogP contribution in [0.1, 0.15) is 23.5 Å². The van der Waals surface area contributed by atoms with Crippen LogP contribution in [-0.2, 0) is 10.0 Å². The number of aliphatic imine (C=N–C) groups is 1. The van der Waals surface area contributed by atoms with Crippen LogP contribution in [0.2, 0.25) is 0 Å². The van der Waals surface area contributed by atoms with E-state index in [0.717, 1.165) is 31.9 Å². The molecule has 3 aliphatic rings. The van der Waals surface area contributed by atoms with Crippen molar-refractivity contribution in [2.45, 2.75) is 18.5 Å². The standard InChI is InChI=1S/C20H22N4O2S.ClH/c1-27(25,26)22-15-8-6-14(7-9-15)16-10-12-23-18-5-3-2-4-17(18)19-21-11-13-24(19)20(16)23;/h2-9,16,20,22H,10-13H2,1H3;1H. The number of nitrogens with zero attached hydrogens (tertiary/aromatic N) is 3. The number of halogens is 1. The van der Waals surface area contributed by atoms with Crippen molar-refractivity contribution in [3.63, 3.8) is 0 Å². The second-order valence-corrected chi connectivity index (χ2v) is 9.16. The smallest absolute Gasteiger partial charge is 0.229 e. The number of hydrogen-bond acceptors (Lipinski definition) is 5. The molecule has 2 aromatic rings. The van der Waals surface area contributed by atoms with Crippen molar-refractivity contribution in [1.82, 2.24) is 4.90 Å². The number of nitrogens with one attached hydrogen (secondary N) is 1. The molecule has 8 heteroatoms. The summed E-state index contributed by atoms with van der Waals surface area (Å²) < 4.78 is 25.4. The Morgan fingerprint density at radius 1 is 1.04 bits per heavy atom. The zero-order valence-electron chi connectivity index (χ0n) is 15.6. The molecule has 28 heavy (non-hydrogen) atoms. The minimum Gasteiger partial charge on any atom is -0.350 e. The van der Waals surface area contributed by atoms with Gasteiger partial charge in [-0.25, -0.2) is 8.42 Å². The quantitative estimate of drug-likeness (QED) is 0.832. The van der Waals surface area contributed by atoms with E-state index >= 15 is 0 Å². The lowest BCUT2D eigenvalue weighted by molar-refractivity contribution is 0.311. The minimum absolute atomic E-state index is 0. The maximum atomic E-state index is 11.4. The van der Waals surface area contributed by atoms with Crippen molar-refractivity contribution in [2.75, 3.05) is 35.5 Å². The van der Waals surface area contributed by atoms with Crippen molar-refractivity contribution in [2.24, 2.45) is 4.99 Å². The van der Waals surface area contributed by atoms with Gasteiger partial charge in [0, 0.05) is 35.9 Å². The lowest BCUT2D eigenvalue weighted by Gasteiger charge is -2.43. The lowest BCUT2D eigenvalue weighted by atomic mass is 9.93. The SMILES string of the molecule is CS(=O)(=O)Nc1ccc(C2CCN3c4ccccc4C4=NCCN4C23)cc1.Cl. The number of rotatable bonds is 3. The summed E-state index contributed by atoms with van der Waals surface area (Å²) in [6.45, 7) is 2.81. The van der Waals surface area contributed by atoms with Gasteiger partial charge in [-0.15, -0.1) is 12.4 Å². The molecule has 5 rings (SSSR count). The molecular formula is C20H23ClN4O2S. The molecule has 1 saturated heterocycles. The van der Waals surface area contributed by atoms with Gasteiger partial charge in [0.1, 0.15) is 12.0 Å². The first-order valence-corrected chi connectivity index (χ1v) is 11.2. The average Bonchev–Trinajstić information content (AvgIpc) is 3.28. The van der Waals surface area contributed by atoms with Crippen LogP contribution in [0.3, 0.4) is 0 Å². The maximum Gasteiger partial charge on any atom is 0.229 e. The van der Waals surface area contributed by atoms with Gasteiger partial charge in [0.25, 0.3) is 0 Å². The molecule has 148 valence electrons. The van der Waals surface area contributed by atoms with Gasteiger partial charge in [0.05, 0.1) is 12.8 Å². The Kier molecular flexibility index (Phi) is 4.75. The molecule has 0 bridgehead atoms. The Labute approximate surface area is 171 Å². The fraction of sp³-hybridized carbons (Fsp3) is 0.350. The molecule has 0 saturated carbocycles. The van der Waals surface area contributed by atoms with E-state index in [-0.39, 0.29) is 18.6 Å². The highest BCUT2D eigenvalue weighted by Crippen LogP contribution is 2.44. The first-order chi connectivity index (χ1) is 13.0. The molecule has 1 N–H and O–H groups in total. The van der Waals surface area contributed by atoms with Gasteiger partial charge in [0.2, 0.25) is 10.0 Å². The van der Waals surface area contributed by atoms with Crippen molar-refractivity contribution < 1.29 is 8.42 Å². The molecule has 3 aliphatic heterocycles. The first kappa shape index (κ1) is 19.1. The van der Waals surface area contributed by atoms with E-state index in [1.165, 1.54) is 23.1 Å². The third-order valence-corrected chi connectivity index (χ3v) is 6.26. The molecule has 0 spiro atoms. The van der Waals surface area contributed by atoms with Crippen LogP contribution in [0.25, 0.3) is 0 Å². The predicted octanol–water partition coefficient (Wildman–Crippen LogP) is 2.88. The molecule has 1 fully saturated rings. The zero-order chi connectivity index (χ0) is 18.6. The van der Waals surface area contributed by atoms with E-state index in [1.54, 1.807) is 0 Å². The average molecular weight is 419 g/mol. The summed E-state index contributed by atoms with van der Waals surface area (Å²) in [5.74, 6) is 1.49. The molecule has 0 radical (unpaired) electrons. The minimum atomic E-state index is -3.26. The number of amidine groups is 1. The van der Waals surface area contributed by atoms with Crippen LogP contribution in [0.15, 0.2) is 53.5 Å². The summed E-state index contributed by atoms with van der Waals surface area (Å²) in [5.41, 5.74) is 4.36. The highest BCUT2D eigenvalue weighted by atomic mass is 35.5. The summed E-state index contributed by atoms with van der Waals surface area (Å²) in [6.07, 6.45) is 2.51. The van der Waals surface area contributed by atoms with E-state index in [2.05, 4.69) is 50.9 Å². The molecule has 2 atom stereocenters. The van der Waals surface area contributed by atoms with E-state index in [4.69, 9.17) is 4.99 Å². The topological polar surface area (TPSA) is 65.0 Å². The third-order valence-electron chi connectivity index (χ3n) is 5.65. The van der Waals surface area contributed by atoms with Crippen molar-refractivity contribution in [1.29, 1.82) is 0 Å². The van der Waals surface area contributed by atoms with Crippen molar-refractivity contribution in [3.05, 3.63) is 59.7 Å². The fourth-order valence-corrected chi connectivity index (χ4v) is 5.21. The van der Waals surface area contributed by atoms with Gasteiger partial charge in [0.15, 0.2) is 0 Å². The van der Waals surface area contributed by atoms with Gasteiger partial charge >= 0.3 is 0 Å². The number of fused-ring (bicyclic) bond motifs is 6. The zero-order valence-corrected chi connectivity index (χ0v) is 17.2. The number of benzene rings is 2. The Morgan fingerprint density at radius 3 is 2.54 bits per heavy atom. The predicted molar refractivity (Wildman–Crippen MR) is 115 cm³/mol. The van der Waals surface area contributed by atoms with Crippen LogP contribution >= 0.6 is 12.4 Å². The molecule has 0 amide bonds. The van der Waals surface area contributed by atoms with Gasteiger partial charge in [-0.3, -0.25) is 9.71 Å². The molecule has 2 unspecified atom stereocenters. The van der Waals surface area contributed by atoms with Crippen LogP contribution < -0.4 is 9.62 Å². The molecule has 6 nitrogen and oxygen atoms in total.